The van der Waals surface area contributed by atoms with Crippen LogP contribution >= 0.6 is 23.4 Å². The molecule has 1 saturated heterocycles. The molecule has 1 aliphatic rings. The molecule has 0 saturated carbocycles. The third-order valence-corrected chi connectivity index (χ3v) is 5.25. The number of hydrogen-bond donors (Lipinski definition) is 1. The van der Waals surface area contributed by atoms with E-state index in [1.54, 1.807) is 17.8 Å². The van der Waals surface area contributed by atoms with Crippen LogP contribution in [0.25, 0.3) is 0 Å². The van der Waals surface area contributed by atoms with Crippen LogP contribution in [0.5, 0.6) is 0 Å². The van der Waals surface area contributed by atoms with Gasteiger partial charge < -0.3 is 5.32 Å². The Bertz CT molecular complexity index is 674. The van der Waals surface area contributed by atoms with Crippen LogP contribution < -0.4 is 5.32 Å². The van der Waals surface area contributed by atoms with Crippen molar-refractivity contribution < 1.29 is 9.18 Å². The first kappa shape index (κ1) is 16.3. The van der Waals surface area contributed by atoms with E-state index in [0.29, 0.717) is 17.0 Å². The lowest BCUT2D eigenvalue weighted by Crippen LogP contribution is -2.32. The fourth-order valence-corrected chi connectivity index (χ4v) is 4.20. The number of anilines is 1. The topological polar surface area (TPSA) is 29.1 Å². The smallest absolute Gasteiger partial charge is 0.140 e. The molecule has 5 heteroatoms. The number of halogens is 2. The molecule has 1 N–H and O–H groups in total. The number of nitrogens with one attached hydrogen (secondary N) is 1. The number of carbonyl (C=O) groups is 1. The average Bonchev–Trinajstić information content (AvgIpc) is 2.53. The maximum Gasteiger partial charge on any atom is 0.140 e. The molecular weight excluding hydrogens is 333 g/mol. The first-order valence-corrected chi connectivity index (χ1v) is 9.05. The molecule has 2 aromatic carbocycles. The van der Waals surface area contributed by atoms with Crippen molar-refractivity contribution in [3.63, 3.8) is 0 Å². The van der Waals surface area contributed by atoms with Gasteiger partial charge in [-0.2, -0.15) is 11.8 Å². The number of rotatable bonds is 4. The van der Waals surface area contributed by atoms with Crippen molar-refractivity contribution in [1.82, 2.24) is 0 Å². The molecule has 0 radical (unpaired) electrons. The molecule has 0 bridgehead atoms. The fourth-order valence-electron chi connectivity index (χ4n) is 2.83. The number of ketones is 1. The van der Waals surface area contributed by atoms with Gasteiger partial charge in [-0.15, -0.1) is 0 Å². The van der Waals surface area contributed by atoms with Crippen molar-refractivity contribution in [3.05, 3.63) is 64.9 Å². The fraction of sp³-hybridized carbons (Fsp3) is 0.278. The minimum atomic E-state index is -0.386. The van der Waals surface area contributed by atoms with Gasteiger partial charge in [0, 0.05) is 28.6 Å². The monoisotopic (exact) mass is 349 g/mol. The lowest BCUT2D eigenvalue weighted by Gasteiger charge is -2.31. The zero-order valence-electron chi connectivity index (χ0n) is 12.5. The van der Waals surface area contributed by atoms with E-state index in [1.807, 2.05) is 30.3 Å². The zero-order chi connectivity index (χ0) is 16.2. The standard InChI is InChI=1S/C18H17ClFNOS/c19-13-8-12(9-14(20)10-13)18(16-11-23-7-6-17(16)22)21-15-4-2-1-3-5-15/h1-5,8-10,16,18,21H,6-7,11H2/t16-,18+/m0/s1. The Morgan fingerprint density at radius 3 is 2.70 bits per heavy atom. The van der Waals surface area contributed by atoms with Gasteiger partial charge in [-0.05, 0) is 35.9 Å². The van der Waals surface area contributed by atoms with Crippen molar-refractivity contribution in [2.24, 2.45) is 5.92 Å². The van der Waals surface area contributed by atoms with E-state index in [-0.39, 0.29) is 23.6 Å². The molecule has 2 aromatic rings. The number of Topliss-reactive ketones (excluding diaryl/α,β-unsaturated/α-hetero) is 1. The summed E-state index contributed by atoms with van der Waals surface area (Å²) in [6.45, 7) is 0. The lowest BCUT2D eigenvalue weighted by atomic mass is 9.89. The summed E-state index contributed by atoms with van der Waals surface area (Å²) in [6, 6.07) is 13.8. The minimum absolute atomic E-state index is 0.188. The molecule has 2 nitrogen and oxygen atoms in total. The molecule has 0 aliphatic carbocycles. The quantitative estimate of drug-likeness (QED) is 0.846. The Morgan fingerprint density at radius 1 is 1.22 bits per heavy atom. The maximum atomic E-state index is 13.8. The SMILES string of the molecule is O=C1CCSC[C@@H]1[C@H](Nc1ccccc1)c1cc(F)cc(Cl)c1. The van der Waals surface area contributed by atoms with Crippen molar-refractivity contribution >= 4 is 34.8 Å². The largest absolute Gasteiger partial charge is 0.377 e. The Labute approximate surface area is 144 Å². The summed E-state index contributed by atoms with van der Waals surface area (Å²) in [5, 5.41) is 3.73. The Kier molecular flexibility index (Phi) is 5.23. The average molecular weight is 350 g/mol. The Balaban J connectivity index is 1.96. The first-order valence-electron chi connectivity index (χ1n) is 7.51. The molecule has 1 aliphatic heterocycles. The van der Waals surface area contributed by atoms with E-state index in [1.165, 1.54) is 12.1 Å². The highest BCUT2D eigenvalue weighted by atomic mass is 35.5. The van der Waals surface area contributed by atoms with Crippen LogP contribution in [0.3, 0.4) is 0 Å². The Hall–Kier alpha value is -1.52. The second-order valence-electron chi connectivity index (χ2n) is 5.59. The van der Waals surface area contributed by atoms with Gasteiger partial charge in [0.1, 0.15) is 11.6 Å². The van der Waals surface area contributed by atoms with Crippen molar-refractivity contribution in [2.45, 2.75) is 12.5 Å². The van der Waals surface area contributed by atoms with Crippen molar-refractivity contribution in [2.75, 3.05) is 16.8 Å². The second kappa shape index (κ2) is 7.37. The van der Waals surface area contributed by atoms with Crippen molar-refractivity contribution in [1.29, 1.82) is 0 Å². The summed E-state index contributed by atoms with van der Waals surface area (Å²) in [7, 11) is 0. The summed E-state index contributed by atoms with van der Waals surface area (Å²) >= 11 is 7.78. The number of para-hydroxylation sites is 1. The number of thioether (sulfide) groups is 1. The van der Waals surface area contributed by atoms with Gasteiger partial charge in [-0.3, -0.25) is 4.79 Å². The number of benzene rings is 2. The molecule has 3 rings (SSSR count). The lowest BCUT2D eigenvalue weighted by molar-refractivity contribution is -0.122. The van der Waals surface area contributed by atoms with E-state index in [2.05, 4.69) is 5.32 Å². The zero-order valence-corrected chi connectivity index (χ0v) is 14.0. The normalized spacial score (nSPS) is 19.4. The van der Waals surface area contributed by atoms with Crippen LogP contribution in [0, 0.1) is 11.7 Å². The van der Waals surface area contributed by atoms with Gasteiger partial charge in [0.05, 0.1) is 12.0 Å². The summed E-state index contributed by atoms with van der Waals surface area (Å²) in [5.41, 5.74) is 1.61. The third kappa shape index (κ3) is 4.06. The third-order valence-electron chi connectivity index (χ3n) is 3.95. The van der Waals surface area contributed by atoms with Crippen LogP contribution in [0.15, 0.2) is 48.5 Å². The minimum Gasteiger partial charge on any atom is -0.377 e. The van der Waals surface area contributed by atoms with Gasteiger partial charge in [0.25, 0.3) is 0 Å². The molecule has 0 aromatic heterocycles. The summed E-state index contributed by atoms with van der Waals surface area (Å²) in [4.78, 5) is 12.4. The molecule has 23 heavy (non-hydrogen) atoms. The molecular formula is C18H17ClFNOS. The van der Waals surface area contributed by atoms with E-state index >= 15 is 0 Å². The van der Waals surface area contributed by atoms with Crippen LogP contribution in [0.4, 0.5) is 10.1 Å². The molecule has 0 amide bonds. The van der Waals surface area contributed by atoms with E-state index in [0.717, 1.165) is 17.2 Å². The number of hydrogen-bond acceptors (Lipinski definition) is 3. The summed E-state index contributed by atoms with van der Waals surface area (Å²) < 4.78 is 13.8. The second-order valence-corrected chi connectivity index (χ2v) is 7.17. The van der Waals surface area contributed by atoms with Crippen LogP contribution in [-0.4, -0.2) is 17.3 Å². The highest BCUT2D eigenvalue weighted by molar-refractivity contribution is 7.99. The molecule has 120 valence electrons. The maximum absolute atomic E-state index is 13.8. The van der Waals surface area contributed by atoms with Gasteiger partial charge >= 0.3 is 0 Å². The predicted molar refractivity (Wildman–Crippen MR) is 94.7 cm³/mol. The summed E-state index contributed by atoms with van der Waals surface area (Å²) in [6.07, 6.45) is 0.561. The van der Waals surface area contributed by atoms with Gasteiger partial charge in [-0.25, -0.2) is 4.39 Å². The molecule has 0 spiro atoms. The summed E-state index contributed by atoms with van der Waals surface area (Å²) in [5.74, 6) is 1.24. The number of carbonyl (C=O) groups excluding carboxylic acids is 1. The van der Waals surface area contributed by atoms with Crippen LogP contribution in [0.2, 0.25) is 5.02 Å². The van der Waals surface area contributed by atoms with E-state index in [9.17, 15) is 9.18 Å². The molecule has 1 fully saturated rings. The van der Waals surface area contributed by atoms with Crippen LogP contribution in [0.1, 0.15) is 18.0 Å². The predicted octanol–water partition coefficient (Wildman–Crippen LogP) is 4.95. The van der Waals surface area contributed by atoms with Gasteiger partial charge in [0.15, 0.2) is 0 Å². The van der Waals surface area contributed by atoms with Gasteiger partial charge in [-0.1, -0.05) is 29.8 Å². The highest BCUT2D eigenvalue weighted by Crippen LogP contribution is 2.35. The Morgan fingerprint density at radius 2 is 2.00 bits per heavy atom. The van der Waals surface area contributed by atoms with E-state index in [4.69, 9.17) is 11.6 Å². The van der Waals surface area contributed by atoms with Crippen molar-refractivity contribution in [3.8, 4) is 0 Å². The molecule has 1 heterocycles. The van der Waals surface area contributed by atoms with Crippen LogP contribution in [-0.2, 0) is 4.79 Å². The highest BCUT2D eigenvalue weighted by Gasteiger charge is 2.32. The van der Waals surface area contributed by atoms with E-state index < -0.39 is 0 Å². The first-order chi connectivity index (χ1) is 11.1. The van der Waals surface area contributed by atoms with Gasteiger partial charge in [0.2, 0.25) is 0 Å². The molecule has 2 atom stereocenters. The molecule has 0 unspecified atom stereocenters.